The highest BCUT2D eigenvalue weighted by Crippen LogP contribution is 2.75. The van der Waals surface area contributed by atoms with Crippen molar-refractivity contribution in [3.63, 3.8) is 0 Å². The number of rotatable bonds is 7. The van der Waals surface area contributed by atoms with Gasteiger partial charge in [-0.3, -0.25) is 4.79 Å². The van der Waals surface area contributed by atoms with E-state index in [0.29, 0.717) is 0 Å². The van der Waals surface area contributed by atoms with E-state index in [9.17, 15) is 4.79 Å². The smallest absolute Gasteiger partial charge is 0.403 e. The first-order valence-corrected chi connectivity index (χ1v) is 9.76. The molecule has 4 nitrogen and oxygen atoms in total. The Morgan fingerprint density at radius 3 is 1.88 bits per heavy atom. The molecule has 1 saturated heterocycles. The minimum absolute atomic E-state index is 0.0282. The zero-order chi connectivity index (χ0) is 17.8. The standard InChI is InChI=1S/C19H34BNO3/c1-7-9-14(10-8-2)15(22)21-19-11-18(12-19,13-19)20-23-16(3,4)17(5,6)24-20/h14H,7-13H2,1-6H3,(H,21,22). The third-order valence-corrected chi connectivity index (χ3v) is 6.86. The lowest BCUT2D eigenvalue weighted by Crippen LogP contribution is -2.75. The SMILES string of the molecule is CCCC(CCC)C(=O)NC12CC(B3OC(C)(C)C(C)(C)O3)(C1)C2. The molecule has 1 heterocycles. The summed E-state index contributed by atoms with van der Waals surface area (Å²) < 4.78 is 12.5. The average molecular weight is 335 g/mol. The molecule has 4 rings (SSSR count). The summed E-state index contributed by atoms with van der Waals surface area (Å²) in [5.41, 5.74) is -0.506. The van der Waals surface area contributed by atoms with E-state index in [1.165, 1.54) is 0 Å². The van der Waals surface area contributed by atoms with Crippen molar-refractivity contribution in [2.75, 3.05) is 0 Å². The Kier molecular flexibility index (Phi) is 4.36. The molecule has 0 unspecified atom stereocenters. The number of carbonyl (C=O) groups excluding carboxylic acids is 1. The van der Waals surface area contributed by atoms with Crippen molar-refractivity contribution in [3.05, 3.63) is 0 Å². The van der Waals surface area contributed by atoms with E-state index in [-0.39, 0.29) is 41.0 Å². The van der Waals surface area contributed by atoms with Crippen LogP contribution in [0.2, 0.25) is 5.31 Å². The lowest BCUT2D eigenvalue weighted by molar-refractivity contribution is -0.137. The summed E-state index contributed by atoms with van der Waals surface area (Å²) in [6.45, 7) is 12.7. The fourth-order valence-corrected chi connectivity index (χ4v) is 4.81. The normalized spacial score (nSPS) is 35.5. The largest absolute Gasteiger partial charge is 0.464 e. The Morgan fingerprint density at radius 1 is 1.00 bits per heavy atom. The molecule has 0 aromatic rings. The second-order valence-corrected chi connectivity index (χ2v) is 9.52. The van der Waals surface area contributed by atoms with E-state index >= 15 is 0 Å². The van der Waals surface area contributed by atoms with Gasteiger partial charge in [-0.05, 0) is 59.8 Å². The molecule has 3 saturated carbocycles. The van der Waals surface area contributed by atoms with Crippen molar-refractivity contribution < 1.29 is 14.1 Å². The molecule has 4 fully saturated rings. The third-order valence-electron chi connectivity index (χ3n) is 6.86. The Bertz CT molecular complexity index is 475. The summed E-state index contributed by atoms with van der Waals surface area (Å²) in [5, 5.41) is 3.50. The van der Waals surface area contributed by atoms with Gasteiger partial charge >= 0.3 is 7.12 Å². The molecule has 24 heavy (non-hydrogen) atoms. The maximum absolute atomic E-state index is 12.6. The molecule has 136 valence electrons. The van der Waals surface area contributed by atoms with Crippen LogP contribution < -0.4 is 5.32 Å². The number of hydrogen-bond acceptors (Lipinski definition) is 3. The van der Waals surface area contributed by atoms with Crippen LogP contribution in [0.5, 0.6) is 0 Å². The van der Waals surface area contributed by atoms with Crippen molar-refractivity contribution >= 4 is 13.0 Å². The van der Waals surface area contributed by atoms with Crippen molar-refractivity contribution in [1.29, 1.82) is 0 Å². The quantitative estimate of drug-likeness (QED) is 0.713. The van der Waals surface area contributed by atoms with Crippen LogP contribution in [-0.4, -0.2) is 29.8 Å². The Balaban J connectivity index is 1.55. The van der Waals surface area contributed by atoms with Gasteiger partial charge in [0.1, 0.15) is 0 Å². The number of hydrogen-bond donors (Lipinski definition) is 1. The molecule has 1 aliphatic heterocycles. The molecular weight excluding hydrogens is 301 g/mol. The number of carbonyl (C=O) groups is 1. The summed E-state index contributed by atoms with van der Waals surface area (Å²) in [4.78, 5) is 12.6. The maximum Gasteiger partial charge on any atom is 0.464 e. The van der Waals surface area contributed by atoms with Gasteiger partial charge in [0.25, 0.3) is 0 Å². The van der Waals surface area contributed by atoms with E-state index in [0.717, 1.165) is 44.9 Å². The molecule has 4 aliphatic rings. The lowest BCUT2D eigenvalue weighted by atomic mass is 9.27. The van der Waals surface area contributed by atoms with E-state index in [4.69, 9.17) is 9.31 Å². The Hall–Kier alpha value is -0.545. The molecule has 1 N–H and O–H groups in total. The first-order chi connectivity index (χ1) is 11.1. The zero-order valence-electron chi connectivity index (χ0n) is 16.3. The fraction of sp³-hybridized carbons (Fsp3) is 0.947. The van der Waals surface area contributed by atoms with Gasteiger partial charge in [0.15, 0.2) is 0 Å². The first-order valence-electron chi connectivity index (χ1n) is 9.76. The minimum atomic E-state index is -0.267. The van der Waals surface area contributed by atoms with Crippen molar-refractivity contribution in [3.8, 4) is 0 Å². The predicted molar refractivity (Wildman–Crippen MR) is 96.8 cm³/mol. The summed E-state index contributed by atoms with van der Waals surface area (Å²) in [7, 11) is -0.122. The van der Waals surface area contributed by atoms with Crippen molar-refractivity contribution in [2.24, 2.45) is 5.92 Å². The van der Waals surface area contributed by atoms with Gasteiger partial charge in [-0.25, -0.2) is 0 Å². The molecule has 2 bridgehead atoms. The molecule has 1 amide bonds. The van der Waals surface area contributed by atoms with Crippen LogP contribution in [0.1, 0.15) is 86.5 Å². The minimum Gasteiger partial charge on any atom is -0.403 e. The van der Waals surface area contributed by atoms with Gasteiger partial charge in [0, 0.05) is 16.8 Å². The molecule has 5 heteroatoms. The molecule has 0 aromatic carbocycles. The topological polar surface area (TPSA) is 47.6 Å². The van der Waals surface area contributed by atoms with Crippen LogP contribution in [0, 0.1) is 5.92 Å². The molecule has 0 radical (unpaired) electrons. The number of nitrogens with one attached hydrogen (secondary N) is 1. The monoisotopic (exact) mass is 335 g/mol. The zero-order valence-corrected chi connectivity index (χ0v) is 16.3. The maximum atomic E-state index is 12.6. The molecule has 3 aliphatic carbocycles. The first kappa shape index (κ1) is 18.3. The van der Waals surface area contributed by atoms with E-state index in [1.54, 1.807) is 0 Å². The van der Waals surface area contributed by atoms with Gasteiger partial charge in [0.2, 0.25) is 5.91 Å². The predicted octanol–water partition coefficient (Wildman–Crippen LogP) is 4.09. The summed E-state index contributed by atoms with van der Waals surface area (Å²) in [5.74, 6) is 0.447. The van der Waals surface area contributed by atoms with E-state index < -0.39 is 0 Å². The average Bonchev–Trinajstić information content (AvgIpc) is 2.60. The number of amides is 1. The lowest BCUT2D eigenvalue weighted by Gasteiger charge is -2.70. The van der Waals surface area contributed by atoms with E-state index in [1.807, 2.05) is 0 Å². The molecule has 0 spiro atoms. The van der Waals surface area contributed by atoms with Gasteiger partial charge in [0.05, 0.1) is 11.2 Å². The van der Waals surface area contributed by atoms with Gasteiger partial charge in [-0.15, -0.1) is 0 Å². The Labute approximate surface area is 147 Å². The van der Waals surface area contributed by atoms with E-state index in [2.05, 4.69) is 46.9 Å². The van der Waals surface area contributed by atoms with Crippen LogP contribution in [0.25, 0.3) is 0 Å². The van der Waals surface area contributed by atoms with Crippen LogP contribution in [0.15, 0.2) is 0 Å². The highest BCUT2D eigenvalue weighted by Gasteiger charge is 2.77. The summed E-state index contributed by atoms with van der Waals surface area (Å²) in [6, 6.07) is 0. The Morgan fingerprint density at radius 2 is 1.46 bits per heavy atom. The third kappa shape index (κ3) is 2.72. The van der Waals surface area contributed by atoms with Crippen molar-refractivity contribution in [1.82, 2.24) is 5.32 Å². The van der Waals surface area contributed by atoms with Gasteiger partial charge in [-0.1, -0.05) is 26.7 Å². The molecule has 0 aromatic heterocycles. The van der Waals surface area contributed by atoms with Crippen LogP contribution >= 0.6 is 0 Å². The van der Waals surface area contributed by atoms with Crippen LogP contribution in [0.4, 0.5) is 0 Å². The fourth-order valence-electron chi connectivity index (χ4n) is 4.81. The molecule has 0 atom stereocenters. The van der Waals surface area contributed by atoms with Gasteiger partial charge in [-0.2, -0.15) is 0 Å². The van der Waals surface area contributed by atoms with Crippen molar-refractivity contribution in [2.45, 2.75) is 109 Å². The highest BCUT2D eigenvalue weighted by molar-refractivity contribution is 6.51. The molecular formula is C19H34BNO3. The highest BCUT2D eigenvalue weighted by atomic mass is 16.7. The second-order valence-electron chi connectivity index (χ2n) is 9.52. The van der Waals surface area contributed by atoms with Crippen LogP contribution in [-0.2, 0) is 14.1 Å². The second kappa shape index (κ2) is 5.73. The summed E-state index contributed by atoms with van der Waals surface area (Å²) in [6.07, 6.45) is 7.16. The van der Waals surface area contributed by atoms with Gasteiger partial charge < -0.3 is 14.6 Å². The van der Waals surface area contributed by atoms with Crippen LogP contribution in [0.3, 0.4) is 0 Å². The summed E-state index contributed by atoms with van der Waals surface area (Å²) >= 11 is 0.